The summed E-state index contributed by atoms with van der Waals surface area (Å²) in [5.41, 5.74) is 0. The van der Waals surface area contributed by atoms with E-state index in [1.54, 1.807) is 0 Å². The van der Waals surface area contributed by atoms with E-state index in [2.05, 4.69) is 18.6 Å². The van der Waals surface area contributed by atoms with Crippen LogP contribution in [0.5, 0.6) is 0 Å². The average molecular weight is 177 g/mol. The maximum absolute atomic E-state index is 10.7. The number of hydrogen-bond acceptors (Lipinski definition) is 2. The Labute approximate surface area is 68.2 Å². The van der Waals surface area contributed by atoms with Gasteiger partial charge in [0.25, 0.3) is 0 Å². The molecule has 0 amide bonds. The Balaban J connectivity index is 2.35. The molecule has 11 heavy (non-hydrogen) atoms. The normalized spacial score (nSPS) is 30.9. The highest BCUT2D eigenvalue weighted by atomic mass is 32.2. The van der Waals surface area contributed by atoms with Gasteiger partial charge in [-0.05, 0) is 18.3 Å². The van der Waals surface area contributed by atoms with E-state index in [1.807, 2.05) is 0 Å². The lowest BCUT2D eigenvalue weighted by Crippen LogP contribution is -2.26. The second-order valence-corrected chi connectivity index (χ2v) is 5.42. The first-order valence-electron chi connectivity index (χ1n) is 3.87. The predicted octanol–water partition coefficient (Wildman–Crippen LogP) is 0.580. The first kappa shape index (κ1) is 9.00. The molecule has 0 unspecified atom stereocenters. The fourth-order valence-corrected chi connectivity index (χ4v) is 2.18. The van der Waals surface area contributed by atoms with Crippen LogP contribution < -0.4 is 4.72 Å². The zero-order chi connectivity index (χ0) is 8.65. The van der Waals surface area contributed by atoms with Crippen LogP contribution in [0.1, 0.15) is 20.3 Å². The average Bonchev–Trinajstić information content (AvgIpc) is 2.40. The molecule has 1 saturated carbocycles. The van der Waals surface area contributed by atoms with E-state index >= 15 is 0 Å². The molecular formula is C7H15NO2S. The molecule has 66 valence electrons. The Morgan fingerprint density at radius 3 is 2.27 bits per heavy atom. The van der Waals surface area contributed by atoms with Crippen LogP contribution in [0, 0.1) is 11.8 Å². The standard InChI is InChI=1S/C7H15NO2S/c1-5(2)6-4-7(6)8-11(3,9)10/h5-8H,4H2,1-3H3/t6-,7-/m1/s1. The summed E-state index contributed by atoms with van der Waals surface area (Å²) in [6, 6.07) is 0.213. The molecule has 0 aromatic heterocycles. The number of rotatable bonds is 3. The van der Waals surface area contributed by atoms with Gasteiger partial charge in [-0.2, -0.15) is 0 Å². The molecule has 2 atom stereocenters. The summed E-state index contributed by atoms with van der Waals surface area (Å²) in [5, 5.41) is 0. The summed E-state index contributed by atoms with van der Waals surface area (Å²) in [6.07, 6.45) is 2.22. The molecule has 0 aliphatic heterocycles. The van der Waals surface area contributed by atoms with Crippen molar-refractivity contribution in [2.75, 3.05) is 6.26 Å². The van der Waals surface area contributed by atoms with Gasteiger partial charge in [-0.1, -0.05) is 13.8 Å². The van der Waals surface area contributed by atoms with Gasteiger partial charge >= 0.3 is 0 Å². The van der Waals surface area contributed by atoms with Crippen LogP contribution in [-0.2, 0) is 10.0 Å². The van der Waals surface area contributed by atoms with Crippen LogP contribution in [0.4, 0.5) is 0 Å². The quantitative estimate of drug-likeness (QED) is 0.685. The smallest absolute Gasteiger partial charge is 0.208 e. The molecule has 1 N–H and O–H groups in total. The highest BCUT2D eigenvalue weighted by molar-refractivity contribution is 7.88. The molecule has 1 rings (SSSR count). The number of hydrogen-bond donors (Lipinski definition) is 1. The highest BCUT2D eigenvalue weighted by Gasteiger charge is 2.40. The minimum Gasteiger partial charge on any atom is -0.213 e. The van der Waals surface area contributed by atoms with Crippen molar-refractivity contribution >= 4 is 10.0 Å². The maximum atomic E-state index is 10.7. The zero-order valence-corrected chi connectivity index (χ0v) is 7.98. The second-order valence-electron chi connectivity index (χ2n) is 3.64. The van der Waals surface area contributed by atoms with Crippen molar-refractivity contribution in [3.8, 4) is 0 Å². The van der Waals surface area contributed by atoms with E-state index in [4.69, 9.17) is 0 Å². The van der Waals surface area contributed by atoms with Crippen molar-refractivity contribution in [1.82, 2.24) is 4.72 Å². The lowest BCUT2D eigenvalue weighted by atomic mass is 10.1. The molecule has 0 aromatic rings. The van der Waals surface area contributed by atoms with Crippen molar-refractivity contribution in [2.45, 2.75) is 26.3 Å². The SMILES string of the molecule is CC(C)[C@H]1C[C@H]1NS(C)(=O)=O. The Morgan fingerprint density at radius 2 is 2.00 bits per heavy atom. The Hall–Kier alpha value is -0.0900. The number of sulfonamides is 1. The molecule has 4 heteroatoms. The first-order valence-corrected chi connectivity index (χ1v) is 5.76. The van der Waals surface area contributed by atoms with Gasteiger partial charge in [-0.25, -0.2) is 13.1 Å². The fourth-order valence-electron chi connectivity index (χ4n) is 1.36. The van der Waals surface area contributed by atoms with E-state index in [0.29, 0.717) is 11.8 Å². The van der Waals surface area contributed by atoms with Crippen molar-refractivity contribution in [3.63, 3.8) is 0 Å². The largest absolute Gasteiger partial charge is 0.213 e. The Morgan fingerprint density at radius 1 is 1.45 bits per heavy atom. The first-order chi connectivity index (χ1) is 4.90. The maximum Gasteiger partial charge on any atom is 0.208 e. The van der Waals surface area contributed by atoms with Crippen molar-refractivity contribution < 1.29 is 8.42 Å². The molecule has 3 nitrogen and oxygen atoms in total. The molecule has 0 spiro atoms. The summed E-state index contributed by atoms with van der Waals surface area (Å²) < 4.78 is 24.1. The van der Waals surface area contributed by atoms with E-state index < -0.39 is 10.0 Å². The van der Waals surface area contributed by atoms with E-state index in [9.17, 15) is 8.42 Å². The van der Waals surface area contributed by atoms with Crippen molar-refractivity contribution in [3.05, 3.63) is 0 Å². The Kier molecular flexibility index (Phi) is 2.25. The van der Waals surface area contributed by atoms with Gasteiger partial charge in [0.05, 0.1) is 6.26 Å². The lowest BCUT2D eigenvalue weighted by Gasteiger charge is -2.02. The zero-order valence-electron chi connectivity index (χ0n) is 7.16. The van der Waals surface area contributed by atoms with Gasteiger partial charge in [0.2, 0.25) is 10.0 Å². The monoisotopic (exact) mass is 177 g/mol. The summed E-state index contributed by atoms with van der Waals surface area (Å²) >= 11 is 0. The molecule has 0 radical (unpaired) electrons. The van der Waals surface area contributed by atoms with Gasteiger partial charge in [-0.15, -0.1) is 0 Å². The molecule has 1 fully saturated rings. The topological polar surface area (TPSA) is 46.2 Å². The van der Waals surface area contributed by atoms with Crippen LogP contribution in [0.2, 0.25) is 0 Å². The van der Waals surface area contributed by atoms with Crippen LogP contribution in [0.15, 0.2) is 0 Å². The third-order valence-electron chi connectivity index (χ3n) is 2.06. The van der Waals surface area contributed by atoms with Gasteiger partial charge < -0.3 is 0 Å². The van der Waals surface area contributed by atoms with Crippen LogP contribution in [0.3, 0.4) is 0 Å². The van der Waals surface area contributed by atoms with E-state index in [0.717, 1.165) is 6.42 Å². The molecule has 0 saturated heterocycles. The molecule has 0 aromatic carbocycles. The van der Waals surface area contributed by atoms with Gasteiger partial charge in [-0.3, -0.25) is 0 Å². The molecular weight excluding hydrogens is 162 g/mol. The third-order valence-corrected chi connectivity index (χ3v) is 2.79. The summed E-state index contributed by atoms with van der Waals surface area (Å²) in [4.78, 5) is 0. The Bertz CT molecular complexity index is 233. The van der Waals surface area contributed by atoms with E-state index in [1.165, 1.54) is 6.26 Å². The lowest BCUT2D eigenvalue weighted by molar-refractivity contribution is 0.530. The summed E-state index contributed by atoms with van der Waals surface area (Å²) in [7, 11) is -2.98. The van der Waals surface area contributed by atoms with Crippen molar-refractivity contribution in [2.24, 2.45) is 11.8 Å². The van der Waals surface area contributed by atoms with E-state index in [-0.39, 0.29) is 6.04 Å². The predicted molar refractivity (Wildman–Crippen MR) is 44.7 cm³/mol. The van der Waals surface area contributed by atoms with Crippen LogP contribution in [-0.4, -0.2) is 20.7 Å². The molecule has 0 heterocycles. The number of nitrogens with one attached hydrogen (secondary N) is 1. The minimum absolute atomic E-state index is 0.213. The molecule has 0 bridgehead atoms. The highest BCUT2D eigenvalue weighted by Crippen LogP contribution is 2.37. The van der Waals surface area contributed by atoms with Gasteiger partial charge in [0, 0.05) is 6.04 Å². The van der Waals surface area contributed by atoms with Crippen LogP contribution in [0.25, 0.3) is 0 Å². The second kappa shape index (κ2) is 2.75. The fraction of sp³-hybridized carbons (Fsp3) is 1.00. The van der Waals surface area contributed by atoms with Gasteiger partial charge in [0.1, 0.15) is 0 Å². The van der Waals surface area contributed by atoms with Crippen molar-refractivity contribution in [1.29, 1.82) is 0 Å². The molecule has 1 aliphatic carbocycles. The molecule has 1 aliphatic rings. The summed E-state index contributed by atoms with van der Waals surface area (Å²) in [6.45, 7) is 4.24. The van der Waals surface area contributed by atoms with Crippen LogP contribution >= 0.6 is 0 Å². The third kappa shape index (κ3) is 2.79. The minimum atomic E-state index is -2.98. The van der Waals surface area contributed by atoms with Gasteiger partial charge in [0.15, 0.2) is 0 Å². The summed E-state index contributed by atoms with van der Waals surface area (Å²) in [5.74, 6) is 1.15.